The zero-order valence-corrected chi connectivity index (χ0v) is 14.8. The van der Waals surface area contributed by atoms with Crippen LogP contribution < -0.4 is 0 Å². The molecule has 0 rings (SSSR count). The Balaban J connectivity index is 5.14. The minimum atomic E-state index is -2.28. The molecule has 0 amide bonds. The minimum absolute atomic E-state index is 0.117. The number of hydrogen-bond donors (Lipinski definition) is 0. The average Bonchev–Trinajstić information content (AvgIpc) is 2.33. The van der Waals surface area contributed by atoms with Gasteiger partial charge in [-0.15, -0.1) is 0 Å². The molecule has 5 heteroatoms. The fourth-order valence-electron chi connectivity index (χ4n) is 2.90. The van der Waals surface area contributed by atoms with E-state index in [1.54, 1.807) is 0 Å². The summed E-state index contributed by atoms with van der Waals surface area (Å²) in [5.41, 5.74) is 1.07. The van der Waals surface area contributed by atoms with Gasteiger partial charge < -0.3 is 9.16 Å². The highest BCUT2D eigenvalue weighted by Gasteiger charge is 2.48. The van der Waals surface area contributed by atoms with Crippen LogP contribution in [-0.2, 0) is 18.8 Å². The van der Waals surface area contributed by atoms with Gasteiger partial charge in [-0.3, -0.25) is 4.79 Å². The third-order valence-electron chi connectivity index (χ3n) is 3.85. The third kappa shape index (κ3) is 4.20. The van der Waals surface area contributed by atoms with Crippen molar-refractivity contribution in [2.75, 3.05) is 7.11 Å². The van der Waals surface area contributed by atoms with Crippen LogP contribution >= 0.6 is 0 Å². The maximum Gasteiger partial charge on any atom is 0.320 e. The zero-order chi connectivity index (χ0) is 16.1. The van der Waals surface area contributed by atoms with E-state index in [0.29, 0.717) is 16.6 Å². The smallest absolute Gasteiger partial charge is 0.320 e. The molecule has 0 spiro atoms. The van der Waals surface area contributed by atoms with E-state index in [4.69, 9.17) is 4.43 Å². The summed E-state index contributed by atoms with van der Waals surface area (Å²) in [6.07, 6.45) is -0.117. The molecular formula is C15H28O4Si. The first kappa shape index (κ1) is 18.9. The molecule has 0 aromatic carbocycles. The molecule has 0 saturated heterocycles. The molecule has 0 aliphatic rings. The highest BCUT2D eigenvalue weighted by Crippen LogP contribution is 2.42. The Morgan fingerprint density at radius 1 is 1.00 bits per heavy atom. The lowest BCUT2D eigenvalue weighted by molar-refractivity contribution is -0.142. The second-order valence-corrected chi connectivity index (χ2v) is 11.4. The lowest BCUT2D eigenvalue weighted by atomic mass is 10.2. The summed E-state index contributed by atoms with van der Waals surface area (Å²) >= 11 is 0. The van der Waals surface area contributed by atoms with Crippen molar-refractivity contribution >= 4 is 20.3 Å². The molecule has 0 atom stereocenters. The molecule has 0 aliphatic carbocycles. The molecule has 0 bridgehead atoms. The predicted octanol–water partition coefficient (Wildman–Crippen LogP) is 3.82. The van der Waals surface area contributed by atoms with Crippen LogP contribution in [0, 0.1) is 0 Å². The van der Waals surface area contributed by atoms with Crippen LogP contribution in [0.3, 0.4) is 0 Å². The maximum atomic E-state index is 12.2. The summed E-state index contributed by atoms with van der Waals surface area (Å²) < 4.78 is 10.5. The molecule has 0 N–H and O–H groups in total. The van der Waals surface area contributed by atoms with Crippen LogP contribution in [0.2, 0.25) is 16.6 Å². The van der Waals surface area contributed by atoms with Gasteiger partial charge in [0.2, 0.25) is 0 Å². The van der Waals surface area contributed by atoms with E-state index >= 15 is 0 Å². The Morgan fingerprint density at radius 2 is 1.40 bits per heavy atom. The molecule has 0 aromatic rings. The van der Waals surface area contributed by atoms with Crippen LogP contribution in [0.5, 0.6) is 0 Å². The molecule has 0 fully saturated rings. The first-order valence-corrected chi connectivity index (χ1v) is 9.21. The fraction of sp³-hybridized carbons (Fsp3) is 0.733. The first-order chi connectivity index (χ1) is 9.09. The van der Waals surface area contributed by atoms with E-state index in [1.165, 1.54) is 7.11 Å². The van der Waals surface area contributed by atoms with E-state index in [1.807, 2.05) is 0 Å². The van der Waals surface area contributed by atoms with E-state index in [0.717, 1.165) is 0 Å². The largest absolute Gasteiger partial charge is 0.515 e. The molecule has 0 heterocycles. The number of carbonyl (C=O) groups excluding carboxylic acids is 2. The summed E-state index contributed by atoms with van der Waals surface area (Å²) in [5, 5.41) is 0. The average molecular weight is 300 g/mol. The van der Waals surface area contributed by atoms with E-state index in [-0.39, 0.29) is 12.0 Å². The standard InChI is InChI=1S/C15H28O4Si/c1-10(2)20(11(3)4,12(5)6)19-15(17)13(7)9-14(16)18-8/h10-12H,7,9H2,1-6,8H3. The Morgan fingerprint density at radius 3 is 1.70 bits per heavy atom. The number of ether oxygens (including phenoxy) is 1. The fourth-order valence-corrected chi connectivity index (χ4v) is 8.08. The predicted molar refractivity (Wildman–Crippen MR) is 82.9 cm³/mol. The van der Waals surface area contributed by atoms with Crippen molar-refractivity contribution in [1.82, 2.24) is 0 Å². The lowest BCUT2D eigenvalue weighted by Gasteiger charge is -2.41. The van der Waals surface area contributed by atoms with Crippen LogP contribution in [0.25, 0.3) is 0 Å². The van der Waals surface area contributed by atoms with Crippen molar-refractivity contribution in [3.8, 4) is 0 Å². The molecular weight excluding hydrogens is 272 g/mol. The van der Waals surface area contributed by atoms with Crippen molar-refractivity contribution in [3.05, 3.63) is 12.2 Å². The molecule has 0 aromatic heterocycles. The van der Waals surface area contributed by atoms with Crippen LogP contribution in [0.15, 0.2) is 12.2 Å². The van der Waals surface area contributed by atoms with Gasteiger partial charge in [-0.05, 0) is 16.6 Å². The van der Waals surface area contributed by atoms with Gasteiger partial charge in [-0.2, -0.15) is 0 Å². The van der Waals surface area contributed by atoms with Crippen LogP contribution in [0.1, 0.15) is 48.0 Å². The van der Waals surface area contributed by atoms with Crippen LogP contribution in [0.4, 0.5) is 0 Å². The van der Waals surface area contributed by atoms with Gasteiger partial charge in [0.15, 0.2) is 0 Å². The molecule has 116 valence electrons. The second kappa shape index (κ2) is 7.62. The number of esters is 1. The maximum absolute atomic E-state index is 12.2. The highest BCUT2D eigenvalue weighted by atomic mass is 28.4. The van der Waals surface area contributed by atoms with Gasteiger partial charge in [0, 0.05) is 5.57 Å². The molecule has 20 heavy (non-hydrogen) atoms. The Hall–Kier alpha value is -1.10. The summed E-state index contributed by atoms with van der Waals surface area (Å²) in [6, 6.07) is 0. The number of hydrogen-bond acceptors (Lipinski definition) is 4. The first-order valence-electron chi connectivity index (χ1n) is 7.07. The molecule has 0 unspecified atom stereocenters. The number of rotatable bonds is 7. The molecule has 0 saturated carbocycles. The Labute approximate surface area is 123 Å². The minimum Gasteiger partial charge on any atom is -0.515 e. The normalized spacial score (nSPS) is 11.9. The lowest BCUT2D eigenvalue weighted by Crippen LogP contribution is -2.49. The van der Waals surface area contributed by atoms with Crippen LogP contribution in [-0.4, -0.2) is 27.4 Å². The quantitative estimate of drug-likeness (QED) is 0.407. The Kier molecular flexibility index (Phi) is 7.20. The molecule has 0 aliphatic heterocycles. The van der Waals surface area contributed by atoms with Gasteiger partial charge in [-0.1, -0.05) is 48.1 Å². The summed E-state index contributed by atoms with van der Waals surface area (Å²) in [4.78, 5) is 23.4. The van der Waals surface area contributed by atoms with Crippen molar-refractivity contribution < 1.29 is 18.8 Å². The summed E-state index contributed by atoms with van der Waals surface area (Å²) in [6.45, 7) is 16.3. The highest BCUT2D eigenvalue weighted by molar-refractivity contribution is 6.79. The SMILES string of the molecule is C=C(CC(=O)OC)C(=O)O[Si](C(C)C)(C(C)C)C(C)C. The number of methoxy groups -OCH3 is 1. The summed E-state index contributed by atoms with van der Waals surface area (Å²) in [5.74, 6) is -0.934. The van der Waals surface area contributed by atoms with E-state index in [9.17, 15) is 9.59 Å². The van der Waals surface area contributed by atoms with Crippen molar-refractivity contribution in [1.29, 1.82) is 0 Å². The van der Waals surface area contributed by atoms with Gasteiger partial charge in [0.1, 0.15) is 0 Å². The van der Waals surface area contributed by atoms with Gasteiger partial charge in [-0.25, -0.2) is 4.79 Å². The molecule has 4 nitrogen and oxygen atoms in total. The Bertz CT molecular complexity index is 350. The van der Waals surface area contributed by atoms with Gasteiger partial charge in [0.25, 0.3) is 8.32 Å². The van der Waals surface area contributed by atoms with Crippen molar-refractivity contribution in [2.24, 2.45) is 0 Å². The van der Waals surface area contributed by atoms with E-state index in [2.05, 4.69) is 52.9 Å². The second-order valence-electron chi connectivity index (χ2n) is 6.06. The van der Waals surface area contributed by atoms with Gasteiger partial charge >= 0.3 is 11.9 Å². The van der Waals surface area contributed by atoms with Crippen molar-refractivity contribution in [2.45, 2.75) is 64.6 Å². The monoisotopic (exact) mass is 300 g/mol. The van der Waals surface area contributed by atoms with E-state index < -0.39 is 20.3 Å². The summed E-state index contributed by atoms with van der Waals surface area (Å²) in [7, 11) is -0.989. The zero-order valence-electron chi connectivity index (χ0n) is 13.8. The molecule has 0 radical (unpaired) electrons. The topological polar surface area (TPSA) is 52.6 Å². The number of carbonyl (C=O) groups is 2. The van der Waals surface area contributed by atoms with Gasteiger partial charge in [0.05, 0.1) is 13.5 Å². The van der Waals surface area contributed by atoms with Crippen molar-refractivity contribution in [3.63, 3.8) is 0 Å². The third-order valence-corrected chi connectivity index (χ3v) is 9.80.